The molecule has 0 bridgehead atoms. The Labute approximate surface area is 171 Å². The Balaban J connectivity index is 3.40. The number of nitrogens with zero attached hydrogens (tertiary/aromatic N) is 1. The molecule has 2 N–H and O–H groups in total. The molecule has 0 aromatic heterocycles. The number of unbranched alkanes of at least 4 members (excludes halogenated alkanes) is 1. The normalized spacial score (nSPS) is 14.6. The van der Waals surface area contributed by atoms with Crippen LogP contribution >= 0.6 is 0 Å². The van der Waals surface area contributed by atoms with E-state index >= 15 is 0 Å². The van der Waals surface area contributed by atoms with Crippen molar-refractivity contribution in [3.05, 3.63) is 89.1 Å². The fourth-order valence-corrected chi connectivity index (χ4v) is 3.19. The van der Waals surface area contributed by atoms with Crippen molar-refractivity contribution in [3.8, 4) is 6.07 Å². The van der Waals surface area contributed by atoms with Crippen molar-refractivity contribution in [3.63, 3.8) is 0 Å². The minimum absolute atomic E-state index is 0.192. The molecule has 2 heteroatoms. The first-order valence-electron chi connectivity index (χ1n) is 10.1. The Morgan fingerprint density at radius 1 is 1.25 bits per heavy atom. The first kappa shape index (κ1) is 23.4. The van der Waals surface area contributed by atoms with E-state index in [0.717, 1.165) is 29.6 Å². The molecule has 2 nitrogen and oxygen atoms in total. The lowest BCUT2D eigenvalue weighted by Crippen LogP contribution is -2.19. The van der Waals surface area contributed by atoms with Crippen LogP contribution in [0.15, 0.2) is 77.9 Å². The van der Waals surface area contributed by atoms with Gasteiger partial charge in [0, 0.05) is 6.04 Å². The van der Waals surface area contributed by atoms with Crippen molar-refractivity contribution < 1.29 is 0 Å². The number of allylic oxidation sites excluding steroid dienone is 8. The van der Waals surface area contributed by atoms with E-state index in [1.165, 1.54) is 24.0 Å². The fraction of sp³-hybridized carbons (Fsp3) is 0.346. The molecule has 1 atom stereocenters. The Morgan fingerprint density at radius 2 is 1.93 bits per heavy atom. The van der Waals surface area contributed by atoms with Gasteiger partial charge in [-0.1, -0.05) is 74.4 Å². The minimum Gasteiger partial charge on any atom is -0.327 e. The van der Waals surface area contributed by atoms with Gasteiger partial charge in [0.05, 0.1) is 11.6 Å². The van der Waals surface area contributed by atoms with Crippen LogP contribution in [0.5, 0.6) is 0 Å². The minimum atomic E-state index is 0.192. The molecule has 28 heavy (non-hydrogen) atoms. The zero-order valence-electron chi connectivity index (χ0n) is 17.8. The molecule has 0 radical (unpaired) electrons. The second-order valence-electron chi connectivity index (χ2n) is 7.18. The monoisotopic (exact) mass is 374 g/mol. The van der Waals surface area contributed by atoms with E-state index in [-0.39, 0.29) is 6.04 Å². The molecular weight excluding hydrogens is 340 g/mol. The summed E-state index contributed by atoms with van der Waals surface area (Å²) in [6.45, 7) is 12.3. The predicted molar refractivity (Wildman–Crippen MR) is 123 cm³/mol. The third-order valence-electron chi connectivity index (χ3n) is 4.71. The predicted octanol–water partition coefficient (Wildman–Crippen LogP) is 6.87. The number of hydrogen-bond donors (Lipinski definition) is 1. The number of hydrogen-bond acceptors (Lipinski definition) is 2. The van der Waals surface area contributed by atoms with Crippen LogP contribution in [-0.4, -0.2) is 6.04 Å². The second kappa shape index (κ2) is 12.7. The van der Waals surface area contributed by atoms with Crippen LogP contribution in [-0.2, 0) is 0 Å². The van der Waals surface area contributed by atoms with E-state index in [2.05, 4.69) is 45.6 Å². The van der Waals surface area contributed by atoms with Gasteiger partial charge in [-0.15, -0.1) is 0 Å². The molecule has 0 amide bonds. The van der Waals surface area contributed by atoms with Crippen LogP contribution in [0.3, 0.4) is 0 Å². The molecule has 0 heterocycles. The number of rotatable bonds is 10. The summed E-state index contributed by atoms with van der Waals surface area (Å²) in [7, 11) is 0. The largest absolute Gasteiger partial charge is 0.327 e. The van der Waals surface area contributed by atoms with Crippen LogP contribution in [0.1, 0.15) is 64.5 Å². The molecule has 0 saturated carbocycles. The summed E-state index contributed by atoms with van der Waals surface area (Å²) in [5.74, 6) is 0. The summed E-state index contributed by atoms with van der Waals surface area (Å²) in [4.78, 5) is 0. The van der Waals surface area contributed by atoms with Gasteiger partial charge in [0.25, 0.3) is 0 Å². The van der Waals surface area contributed by atoms with E-state index < -0.39 is 0 Å². The first-order valence-corrected chi connectivity index (χ1v) is 10.1. The van der Waals surface area contributed by atoms with Crippen molar-refractivity contribution in [1.82, 2.24) is 0 Å². The molecule has 0 aliphatic rings. The lowest BCUT2D eigenvalue weighted by molar-refractivity contribution is 0.572. The topological polar surface area (TPSA) is 49.8 Å². The Morgan fingerprint density at radius 3 is 2.46 bits per heavy atom. The van der Waals surface area contributed by atoms with Crippen molar-refractivity contribution >= 4 is 5.57 Å². The number of nitriles is 1. The van der Waals surface area contributed by atoms with Gasteiger partial charge in [0.15, 0.2) is 0 Å². The molecule has 0 fully saturated rings. The maximum atomic E-state index is 9.10. The molecule has 0 spiro atoms. The SMILES string of the molecule is C=C/C=C(\C=C/C)C(/C)=C(/C=C(\C)CC(N)CCCC)c1ccc(C#N)cc1. The molecule has 1 unspecified atom stereocenters. The molecule has 0 saturated heterocycles. The average Bonchev–Trinajstić information content (AvgIpc) is 2.70. The highest BCUT2D eigenvalue weighted by molar-refractivity contribution is 5.81. The van der Waals surface area contributed by atoms with Crippen molar-refractivity contribution in [1.29, 1.82) is 5.26 Å². The summed E-state index contributed by atoms with van der Waals surface area (Å²) < 4.78 is 0. The van der Waals surface area contributed by atoms with E-state index in [9.17, 15) is 0 Å². The average molecular weight is 375 g/mol. The third-order valence-corrected chi connectivity index (χ3v) is 4.71. The summed E-state index contributed by atoms with van der Waals surface area (Å²) in [5, 5.41) is 9.10. The van der Waals surface area contributed by atoms with Gasteiger partial charge in [0.1, 0.15) is 0 Å². The maximum Gasteiger partial charge on any atom is 0.0991 e. The van der Waals surface area contributed by atoms with E-state index in [1.54, 1.807) is 0 Å². The van der Waals surface area contributed by atoms with Gasteiger partial charge in [-0.25, -0.2) is 0 Å². The lowest BCUT2D eigenvalue weighted by atomic mass is 9.91. The van der Waals surface area contributed by atoms with Gasteiger partial charge >= 0.3 is 0 Å². The van der Waals surface area contributed by atoms with Gasteiger partial charge < -0.3 is 5.73 Å². The third kappa shape index (κ3) is 7.55. The van der Waals surface area contributed by atoms with Crippen molar-refractivity contribution in [2.75, 3.05) is 0 Å². The van der Waals surface area contributed by atoms with Gasteiger partial charge in [0.2, 0.25) is 0 Å². The van der Waals surface area contributed by atoms with Crippen LogP contribution in [0.2, 0.25) is 0 Å². The molecule has 1 rings (SSSR count). The van der Waals surface area contributed by atoms with Crippen LogP contribution in [0.4, 0.5) is 0 Å². The van der Waals surface area contributed by atoms with E-state index in [1.807, 2.05) is 49.4 Å². The van der Waals surface area contributed by atoms with Crippen LogP contribution in [0.25, 0.3) is 5.57 Å². The molecule has 148 valence electrons. The van der Waals surface area contributed by atoms with Crippen LogP contribution in [0, 0.1) is 11.3 Å². The summed E-state index contributed by atoms with van der Waals surface area (Å²) in [5.41, 5.74) is 12.8. The van der Waals surface area contributed by atoms with E-state index in [0.29, 0.717) is 5.56 Å². The first-order chi connectivity index (χ1) is 13.5. The smallest absolute Gasteiger partial charge is 0.0991 e. The quantitative estimate of drug-likeness (QED) is 0.454. The summed E-state index contributed by atoms with van der Waals surface area (Å²) in [6, 6.07) is 10.1. The van der Waals surface area contributed by atoms with Crippen molar-refractivity contribution in [2.45, 2.75) is 59.4 Å². The van der Waals surface area contributed by atoms with Gasteiger partial charge in [-0.05, 0) is 68.0 Å². The summed E-state index contributed by atoms with van der Waals surface area (Å²) in [6.07, 6.45) is 14.5. The molecule has 0 aliphatic heterocycles. The van der Waals surface area contributed by atoms with Gasteiger partial charge in [-0.2, -0.15) is 5.26 Å². The highest BCUT2D eigenvalue weighted by Crippen LogP contribution is 2.28. The Kier molecular flexibility index (Phi) is 10.6. The number of nitrogens with two attached hydrogens (primary N) is 1. The molecule has 1 aromatic rings. The highest BCUT2D eigenvalue weighted by atomic mass is 14.6. The molecule has 1 aromatic carbocycles. The lowest BCUT2D eigenvalue weighted by Gasteiger charge is -2.15. The Bertz CT molecular complexity index is 796. The zero-order chi connectivity index (χ0) is 20.9. The Hall–Kier alpha value is -2.63. The van der Waals surface area contributed by atoms with Gasteiger partial charge in [-0.3, -0.25) is 0 Å². The summed E-state index contributed by atoms with van der Waals surface area (Å²) >= 11 is 0. The molecule has 0 aliphatic carbocycles. The zero-order valence-corrected chi connectivity index (χ0v) is 17.8. The maximum absolute atomic E-state index is 9.10. The van der Waals surface area contributed by atoms with E-state index in [4.69, 9.17) is 11.0 Å². The standard InChI is InChI=1S/C26H34N2/c1-6-9-12-25(28)17-20(4)18-26(21(5)23(10-7-2)11-8-3)24-15-13-22(19-27)14-16-24/h7-8,10-11,13-16,18,25H,2,6,9,12,17,28H2,1,3-5H3/b11-8-,20-18+,23-10+,26-21-. The van der Waals surface area contributed by atoms with Crippen molar-refractivity contribution in [2.24, 2.45) is 5.73 Å². The number of benzene rings is 1. The fourth-order valence-electron chi connectivity index (χ4n) is 3.19. The molecular formula is C26H34N2. The second-order valence-corrected chi connectivity index (χ2v) is 7.18. The highest BCUT2D eigenvalue weighted by Gasteiger charge is 2.09. The van der Waals surface area contributed by atoms with Crippen LogP contribution < -0.4 is 5.73 Å².